The van der Waals surface area contributed by atoms with Gasteiger partial charge in [0.2, 0.25) is 10.0 Å². The van der Waals surface area contributed by atoms with Gasteiger partial charge in [-0.25, -0.2) is 13.6 Å². The maximum atomic E-state index is 12.5. The quantitative estimate of drug-likeness (QED) is 0.617. The number of allylic oxidation sites excluding steroid dienone is 2. The van der Waals surface area contributed by atoms with E-state index in [-0.39, 0.29) is 40.4 Å². The van der Waals surface area contributed by atoms with Crippen LogP contribution in [0.25, 0.3) is 0 Å². The summed E-state index contributed by atoms with van der Waals surface area (Å²) in [5, 5.41) is 6.10. The highest BCUT2D eigenvalue weighted by Crippen LogP contribution is 2.52. The van der Waals surface area contributed by atoms with Crippen LogP contribution in [-0.2, 0) is 19.6 Å². The van der Waals surface area contributed by atoms with E-state index in [4.69, 9.17) is 5.14 Å². The van der Waals surface area contributed by atoms with Crippen molar-refractivity contribution in [3.8, 4) is 0 Å². The third-order valence-corrected chi connectivity index (χ3v) is 5.82. The fraction of sp³-hybridized carbons (Fsp3) is 0.333. The Balaban J connectivity index is 1.56. The van der Waals surface area contributed by atoms with Crippen LogP contribution in [0, 0.1) is 23.7 Å². The van der Waals surface area contributed by atoms with E-state index >= 15 is 0 Å². The molecule has 1 aliphatic heterocycles. The van der Waals surface area contributed by atoms with E-state index in [0.717, 1.165) is 11.4 Å². The Morgan fingerprint density at radius 2 is 1.52 bits per heavy atom. The number of imide groups is 1. The van der Waals surface area contributed by atoms with Gasteiger partial charge in [-0.3, -0.25) is 15.0 Å². The number of benzene rings is 1. The van der Waals surface area contributed by atoms with Gasteiger partial charge in [-0.05, 0) is 42.5 Å². The highest BCUT2D eigenvalue weighted by atomic mass is 32.2. The molecule has 1 saturated heterocycles. The van der Waals surface area contributed by atoms with E-state index in [0.29, 0.717) is 5.69 Å². The highest BCUT2D eigenvalue weighted by Gasteiger charge is 2.59. The molecule has 0 aromatic heterocycles. The first-order chi connectivity index (χ1) is 10.9. The smallest absolute Gasteiger partial charge is 0.252 e. The summed E-state index contributed by atoms with van der Waals surface area (Å²) in [6.45, 7) is 0. The summed E-state index contributed by atoms with van der Waals surface area (Å²) >= 11 is 0. The first-order valence-electron chi connectivity index (χ1n) is 7.32. The molecule has 23 heavy (non-hydrogen) atoms. The standard InChI is InChI=1S/C15H15N3O4S/c16-23(21,22)11-5-3-10(4-6-11)17-18-14(19)12-8-1-2-9(7-8)13(12)15(18)20/h1-6,8-9,12-13,17H,7H2,(H2,16,21,22)/t8-,9+,12-,13+. The number of carbonyl (C=O) groups excluding carboxylic acids is 2. The molecule has 8 heteroatoms. The molecular formula is C15H15N3O4S. The maximum absolute atomic E-state index is 12.5. The van der Waals surface area contributed by atoms with Crippen molar-refractivity contribution in [2.75, 3.05) is 5.43 Å². The SMILES string of the molecule is NS(=O)(=O)c1ccc(NN2C(=O)[C@@H]3[C@H](C2=O)[C@@H]2C=C[C@H]3C2)cc1. The van der Waals surface area contributed by atoms with Gasteiger partial charge in [0.25, 0.3) is 11.8 Å². The topological polar surface area (TPSA) is 110 Å². The van der Waals surface area contributed by atoms with Crippen LogP contribution in [0.4, 0.5) is 5.69 Å². The number of hydrogen-bond acceptors (Lipinski definition) is 5. The first-order valence-corrected chi connectivity index (χ1v) is 8.86. The molecule has 3 N–H and O–H groups in total. The lowest BCUT2D eigenvalue weighted by molar-refractivity contribution is -0.139. The van der Waals surface area contributed by atoms with Crippen LogP contribution in [0.15, 0.2) is 41.3 Å². The van der Waals surface area contributed by atoms with Crippen LogP contribution in [0.5, 0.6) is 0 Å². The molecule has 1 aromatic rings. The van der Waals surface area contributed by atoms with E-state index in [9.17, 15) is 18.0 Å². The van der Waals surface area contributed by atoms with Crippen molar-refractivity contribution >= 4 is 27.5 Å². The average Bonchev–Trinajstić information content (AvgIpc) is 3.17. The first kappa shape index (κ1) is 14.4. The third-order valence-electron chi connectivity index (χ3n) is 4.89. The molecule has 1 heterocycles. The van der Waals surface area contributed by atoms with Gasteiger partial charge in [-0.15, -0.1) is 0 Å². The second-order valence-electron chi connectivity index (χ2n) is 6.19. The van der Waals surface area contributed by atoms with Gasteiger partial charge in [0, 0.05) is 0 Å². The Morgan fingerprint density at radius 1 is 1.00 bits per heavy atom. The van der Waals surface area contributed by atoms with Gasteiger partial charge in [0.15, 0.2) is 0 Å². The largest absolute Gasteiger partial charge is 0.289 e. The Labute approximate surface area is 133 Å². The van der Waals surface area contributed by atoms with Crippen molar-refractivity contribution in [2.24, 2.45) is 28.8 Å². The zero-order valence-corrected chi connectivity index (χ0v) is 12.9. The normalized spacial score (nSPS) is 31.8. The lowest BCUT2D eigenvalue weighted by Gasteiger charge is -2.19. The maximum Gasteiger partial charge on any atom is 0.252 e. The van der Waals surface area contributed by atoms with Crippen molar-refractivity contribution < 1.29 is 18.0 Å². The number of nitrogens with two attached hydrogens (primary N) is 1. The van der Waals surface area contributed by atoms with Crippen molar-refractivity contribution in [1.82, 2.24) is 5.01 Å². The Morgan fingerprint density at radius 3 is 2.00 bits per heavy atom. The molecule has 7 nitrogen and oxygen atoms in total. The van der Waals surface area contributed by atoms with Gasteiger partial charge in [-0.1, -0.05) is 12.2 Å². The fourth-order valence-electron chi connectivity index (χ4n) is 3.86. The predicted molar refractivity (Wildman–Crippen MR) is 81.0 cm³/mol. The number of hydrazine groups is 1. The van der Waals surface area contributed by atoms with Gasteiger partial charge in [0.1, 0.15) is 0 Å². The molecule has 3 aliphatic rings. The zero-order chi connectivity index (χ0) is 16.4. The number of hydrogen-bond donors (Lipinski definition) is 2. The van der Waals surface area contributed by atoms with Crippen LogP contribution in [-0.4, -0.2) is 25.2 Å². The minimum Gasteiger partial charge on any atom is -0.289 e. The summed E-state index contributed by atoms with van der Waals surface area (Å²) in [5.41, 5.74) is 3.25. The number of rotatable bonds is 3. The van der Waals surface area contributed by atoms with Crippen LogP contribution >= 0.6 is 0 Å². The number of amides is 2. The number of primary sulfonamides is 1. The molecule has 1 saturated carbocycles. The summed E-state index contributed by atoms with van der Waals surface area (Å²) in [4.78, 5) is 25.0. The molecule has 120 valence electrons. The van der Waals surface area contributed by atoms with Gasteiger partial charge in [-0.2, -0.15) is 5.01 Å². The molecule has 2 amide bonds. The fourth-order valence-corrected chi connectivity index (χ4v) is 4.38. The van der Waals surface area contributed by atoms with Gasteiger partial charge < -0.3 is 0 Å². The monoisotopic (exact) mass is 333 g/mol. The zero-order valence-electron chi connectivity index (χ0n) is 12.0. The number of sulfonamides is 1. The van der Waals surface area contributed by atoms with E-state index in [2.05, 4.69) is 5.43 Å². The van der Waals surface area contributed by atoms with Gasteiger partial charge in [0.05, 0.1) is 22.4 Å². The number of anilines is 1. The molecule has 2 aliphatic carbocycles. The van der Waals surface area contributed by atoms with E-state index < -0.39 is 10.0 Å². The molecule has 4 rings (SSSR count). The Kier molecular flexibility index (Phi) is 2.91. The molecule has 2 bridgehead atoms. The molecule has 2 fully saturated rings. The van der Waals surface area contributed by atoms with Crippen molar-refractivity contribution in [1.29, 1.82) is 0 Å². The Bertz CT molecular complexity index is 801. The highest BCUT2D eigenvalue weighted by molar-refractivity contribution is 7.89. The Hall–Kier alpha value is -2.19. The average molecular weight is 333 g/mol. The van der Waals surface area contributed by atoms with Crippen molar-refractivity contribution in [3.63, 3.8) is 0 Å². The molecule has 0 spiro atoms. The van der Waals surface area contributed by atoms with Crippen LogP contribution < -0.4 is 10.6 Å². The number of nitrogens with one attached hydrogen (secondary N) is 1. The molecule has 4 atom stereocenters. The summed E-state index contributed by atoms with van der Waals surface area (Å²) in [5.74, 6) is -0.668. The van der Waals surface area contributed by atoms with E-state index in [1.54, 1.807) is 0 Å². The van der Waals surface area contributed by atoms with Crippen LogP contribution in [0.2, 0.25) is 0 Å². The third kappa shape index (κ3) is 2.09. The van der Waals surface area contributed by atoms with Crippen LogP contribution in [0.3, 0.4) is 0 Å². The molecule has 1 aromatic carbocycles. The van der Waals surface area contributed by atoms with Crippen molar-refractivity contribution in [2.45, 2.75) is 11.3 Å². The second kappa shape index (κ2) is 4.65. The van der Waals surface area contributed by atoms with E-state index in [1.165, 1.54) is 24.3 Å². The minimum absolute atomic E-state index is 0.0266. The van der Waals surface area contributed by atoms with E-state index in [1.807, 2.05) is 12.2 Å². The van der Waals surface area contributed by atoms with Crippen LogP contribution in [0.1, 0.15) is 6.42 Å². The second-order valence-corrected chi connectivity index (χ2v) is 7.75. The number of fused-ring (bicyclic) bond motifs is 5. The summed E-state index contributed by atoms with van der Waals surface area (Å²) in [6, 6.07) is 5.60. The lowest BCUT2D eigenvalue weighted by Crippen LogP contribution is -2.37. The molecule has 0 unspecified atom stereocenters. The lowest BCUT2D eigenvalue weighted by atomic mass is 9.85. The van der Waals surface area contributed by atoms with Crippen molar-refractivity contribution in [3.05, 3.63) is 36.4 Å². The minimum atomic E-state index is -3.77. The number of carbonyl (C=O) groups is 2. The number of nitrogens with zero attached hydrogens (tertiary/aromatic N) is 1. The molecule has 0 radical (unpaired) electrons. The summed E-state index contributed by atoms with van der Waals surface area (Å²) in [6.07, 6.45) is 4.94. The summed E-state index contributed by atoms with van der Waals surface area (Å²) in [7, 11) is -3.77. The predicted octanol–water partition coefficient (Wildman–Crippen LogP) is 0.468. The van der Waals surface area contributed by atoms with Gasteiger partial charge >= 0.3 is 0 Å². The molecular weight excluding hydrogens is 318 g/mol. The summed E-state index contributed by atoms with van der Waals surface area (Å²) < 4.78 is 22.5.